The zero-order valence-electron chi connectivity index (χ0n) is 11.4. The predicted molar refractivity (Wildman–Crippen MR) is 84.2 cm³/mol. The topological polar surface area (TPSA) is 79.1 Å². The average molecular weight is 357 g/mol. The summed E-state index contributed by atoms with van der Waals surface area (Å²) in [5.74, 6) is 0.0359. The number of nitrogens with zero attached hydrogens (tertiary/aromatic N) is 4. The van der Waals surface area contributed by atoms with Crippen molar-refractivity contribution < 1.29 is 9.53 Å². The maximum atomic E-state index is 11.9. The maximum Gasteiger partial charge on any atom is 0.416 e. The van der Waals surface area contributed by atoms with Gasteiger partial charge in [-0.25, -0.2) is 4.79 Å². The van der Waals surface area contributed by atoms with Crippen LogP contribution in [0.5, 0.6) is 5.88 Å². The Labute approximate surface area is 141 Å². The van der Waals surface area contributed by atoms with Gasteiger partial charge in [0.2, 0.25) is 0 Å². The lowest BCUT2D eigenvalue weighted by atomic mass is 10.1. The lowest BCUT2D eigenvalue weighted by Crippen LogP contribution is -2.30. The zero-order chi connectivity index (χ0) is 16.1. The lowest BCUT2D eigenvalue weighted by Gasteiger charge is -2.14. The molecule has 1 aromatic carbocycles. The molecule has 0 atom stereocenters. The molecule has 0 N–H and O–H groups in total. The number of carbonyl (C=O) groups is 1. The van der Waals surface area contributed by atoms with Crippen LogP contribution in [0.1, 0.15) is 6.42 Å². The van der Waals surface area contributed by atoms with Crippen molar-refractivity contribution in [3.8, 4) is 23.2 Å². The quantitative estimate of drug-likeness (QED) is 0.830. The van der Waals surface area contributed by atoms with Gasteiger partial charge in [-0.15, -0.1) is 4.37 Å². The Hall–Kier alpha value is -1.88. The summed E-state index contributed by atoms with van der Waals surface area (Å²) in [6.07, 6.45) is -0.420. The van der Waals surface area contributed by atoms with E-state index in [1.54, 1.807) is 18.2 Å². The molecule has 0 unspecified atom stereocenters. The highest BCUT2D eigenvalue weighted by molar-refractivity contribution is 6.99. The summed E-state index contributed by atoms with van der Waals surface area (Å²) in [6, 6.07) is 6.98. The van der Waals surface area contributed by atoms with E-state index in [0.29, 0.717) is 21.3 Å². The van der Waals surface area contributed by atoms with Crippen molar-refractivity contribution >= 4 is 41.0 Å². The molecule has 9 heteroatoms. The standard InChI is InChI=1S/C13H10Cl2N4O2S/c1-19(7-3-6-16)13(20)21-12-11(17-22-18-12)10-8(14)4-2-5-9(10)15/h2,4-5H,3,7H2,1H3. The molecule has 0 aliphatic rings. The predicted octanol–water partition coefficient (Wildman–Crippen LogP) is 3.86. The summed E-state index contributed by atoms with van der Waals surface area (Å²) < 4.78 is 13.3. The van der Waals surface area contributed by atoms with Gasteiger partial charge >= 0.3 is 6.09 Å². The molecule has 0 saturated heterocycles. The fourth-order valence-electron chi connectivity index (χ4n) is 1.59. The van der Waals surface area contributed by atoms with E-state index in [1.807, 2.05) is 6.07 Å². The molecule has 0 bridgehead atoms. The Morgan fingerprint density at radius 1 is 1.41 bits per heavy atom. The van der Waals surface area contributed by atoms with Crippen molar-refractivity contribution in [3.63, 3.8) is 0 Å². The number of hydrogen-bond donors (Lipinski definition) is 0. The molecule has 6 nitrogen and oxygen atoms in total. The van der Waals surface area contributed by atoms with Gasteiger partial charge in [0.15, 0.2) is 5.69 Å². The molecule has 22 heavy (non-hydrogen) atoms. The van der Waals surface area contributed by atoms with E-state index in [-0.39, 0.29) is 18.8 Å². The number of hydrogen-bond acceptors (Lipinski definition) is 6. The smallest absolute Gasteiger partial charge is 0.388 e. The van der Waals surface area contributed by atoms with Crippen molar-refractivity contribution in [1.82, 2.24) is 13.6 Å². The van der Waals surface area contributed by atoms with E-state index in [1.165, 1.54) is 11.9 Å². The van der Waals surface area contributed by atoms with Crippen LogP contribution in [-0.4, -0.2) is 33.3 Å². The van der Waals surface area contributed by atoms with E-state index in [0.717, 1.165) is 11.7 Å². The molecule has 1 heterocycles. The van der Waals surface area contributed by atoms with Gasteiger partial charge < -0.3 is 9.64 Å². The van der Waals surface area contributed by atoms with E-state index < -0.39 is 6.09 Å². The highest BCUT2D eigenvalue weighted by atomic mass is 35.5. The van der Waals surface area contributed by atoms with Crippen LogP contribution in [0.25, 0.3) is 11.3 Å². The molecule has 0 fully saturated rings. The van der Waals surface area contributed by atoms with Gasteiger partial charge in [0.1, 0.15) is 0 Å². The highest BCUT2D eigenvalue weighted by Gasteiger charge is 2.21. The van der Waals surface area contributed by atoms with Crippen molar-refractivity contribution in [2.45, 2.75) is 6.42 Å². The molecular formula is C13H10Cl2N4O2S. The third-order valence-electron chi connectivity index (χ3n) is 2.71. The number of amides is 1. The van der Waals surface area contributed by atoms with Crippen LogP contribution in [-0.2, 0) is 0 Å². The summed E-state index contributed by atoms with van der Waals surface area (Å²) >= 11 is 13.1. The van der Waals surface area contributed by atoms with Crippen molar-refractivity contribution in [1.29, 1.82) is 5.26 Å². The van der Waals surface area contributed by atoms with Crippen LogP contribution in [0.3, 0.4) is 0 Å². The largest absolute Gasteiger partial charge is 0.416 e. The van der Waals surface area contributed by atoms with Gasteiger partial charge in [-0.2, -0.15) is 9.64 Å². The Bertz CT molecular complexity index is 709. The van der Waals surface area contributed by atoms with Crippen LogP contribution in [0.4, 0.5) is 4.79 Å². The number of halogens is 2. The van der Waals surface area contributed by atoms with Crippen LogP contribution < -0.4 is 4.74 Å². The molecule has 0 aliphatic carbocycles. The normalized spacial score (nSPS) is 10.1. The van der Waals surface area contributed by atoms with Gasteiger partial charge in [-0.1, -0.05) is 29.3 Å². The SMILES string of the molecule is CN(CCC#N)C(=O)Oc1nsnc1-c1c(Cl)cccc1Cl. The monoisotopic (exact) mass is 356 g/mol. The first kappa shape index (κ1) is 16.5. The number of ether oxygens (including phenoxy) is 1. The summed E-state index contributed by atoms with van der Waals surface area (Å²) in [5.41, 5.74) is 0.768. The Balaban J connectivity index is 2.24. The average Bonchev–Trinajstić information content (AvgIpc) is 2.92. The molecule has 114 valence electrons. The second-order valence-electron chi connectivity index (χ2n) is 4.21. The Morgan fingerprint density at radius 2 is 2.09 bits per heavy atom. The molecular weight excluding hydrogens is 347 g/mol. The second-order valence-corrected chi connectivity index (χ2v) is 5.56. The third-order valence-corrected chi connectivity index (χ3v) is 3.85. The molecule has 1 aromatic heterocycles. The third kappa shape index (κ3) is 3.65. The first-order valence-electron chi connectivity index (χ1n) is 6.11. The number of nitriles is 1. The van der Waals surface area contributed by atoms with Crippen molar-refractivity contribution in [2.75, 3.05) is 13.6 Å². The number of rotatable bonds is 4. The molecule has 0 aliphatic heterocycles. The van der Waals surface area contributed by atoms with Gasteiger partial charge in [0.05, 0.1) is 34.3 Å². The second kappa shape index (κ2) is 7.40. The minimum atomic E-state index is -0.632. The Kier molecular flexibility index (Phi) is 5.55. The number of aromatic nitrogens is 2. The molecule has 2 aromatic rings. The number of carbonyl (C=O) groups excluding carboxylic acids is 1. The van der Waals surface area contributed by atoms with Crippen LogP contribution >= 0.6 is 34.9 Å². The molecule has 0 saturated carbocycles. The van der Waals surface area contributed by atoms with Crippen LogP contribution in [0, 0.1) is 11.3 Å². The minimum Gasteiger partial charge on any atom is -0.388 e. The van der Waals surface area contributed by atoms with Gasteiger partial charge in [-0.3, -0.25) is 0 Å². The summed E-state index contributed by atoms with van der Waals surface area (Å²) in [5, 5.41) is 9.30. The van der Waals surface area contributed by atoms with Crippen molar-refractivity contribution in [2.24, 2.45) is 0 Å². The fourth-order valence-corrected chi connectivity index (χ4v) is 2.66. The minimum absolute atomic E-state index is 0.0359. The lowest BCUT2D eigenvalue weighted by molar-refractivity contribution is 0.162. The summed E-state index contributed by atoms with van der Waals surface area (Å²) in [7, 11) is 1.53. The summed E-state index contributed by atoms with van der Waals surface area (Å²) in [6.45, 7) is 0.259. The molecule has 1 amide bonds. The number of benzene rings is 1. The first-order chi connectivity index (χ1) is 10.5. The molecule has 0 radical (unpaired) electrons. The van der Waals surface area contributed by atoms with E-state index in [2.05, 4.69) is 8.75 Å². The van der Waals surface area contributed by atoms with Crippen molar-refractivity contribution in [3.05, 3.63) is 28.2 Å². The van der Waals surface area contributed by atoms with E-state index in [4.69, 9.17) is 33.2 Å². The van der Waals surface area contributed by atoms with E-state index >= 15 is 0 Å². The van der Waals surface area contributed by atoms with Crippen LogP contribution in [0.15, 0.2) is 18.2 Å². The van der Waals surface area contributed by atoms with E-state index in [9.17, 15) is 4.79 Å². The first-order valence-corrected chi connectivity index (χ1v) is 7.60. The van der Waals surface area contributed by atoms with Gasteiger partial charge in [0, 0.05) is 19.2 Å². The van der Waals surface area contributed by atoms with Crippen LogP contribution in [0.2, 0.25) is 10.0 Å². The molecule has 2 rings (SSSR count). The van der Waals surface area contributed by atoms with Gasteiger partial charge in [0.25, 0.3) is 5.88 Å². The fraction of sp³-hybridized carbons (Fsp3) is 0.231. The zero-order valence-corrected chi connectivity index (χ0v) is 13.7. The highest BCUT2D eigenvalue weighted by Crippen LogP contribution is 2.38. The maximum absolute atomic E-state index is 11.9. The Morgan fingerprint density at radius 3 is 2.73 bits per heavy atom. The van der Waals surface area contributed by atoms with Gasteiger partial charge in [-0.05, 0) is 12.1 Å². The summed E-state index contributed by atoms with van der Waals surface area (Å²) in [4.78, 5) is 13.2. The molecule has 0 spiro atoms.